The normalized spacial score (nSPS) is 11.4. The first-order chi connectivity index (χ1) is 9.71. The van der Waals surface area contributed by atoms with Crippen molar-refractivity contribution < 1.29 is 23.1 Å². The minimum Gasteiger partial charge on any atom is -0.490 e. The molecule has 0 aliphatic heterocycles. The predicted molar refractivity (Wildman–Crippen MR) is 79.4 cm³/mol. The maximum atomic E-state index is 11.2. The van der Waals surface area contributed by atoms with E-state index >= 15 is 0 Å². The average molecular weight is 356 g/mol. The fourth-order valence-corrected chi connectivity index (χ4v) is 2.86. The van der Waals surface area contributed by atoms with Crippen LogP contribution in [0.3, 0.4) is 0 Å². The third-order valence-corrected chi connectivity index (χ3v) is 4.04. The number of sulfonamides is 1. The van der Waals surface area contributed by atoms with Crippen molar-refractivity contribution in [1.82, 2.24) is 0 Å². The molecule has 0 aliphatic carbocycles. The van der Waals surface area contributed by atoms with Gasteiger partial charge in [-0.25, -0.2) is 13.6 Å². The summed E-state index contributed by atoms with van der Waals surface area (Å²) in [5.41, 5.74) is 0. The quantitative estimate of drug-likeness (QED) is 0.697. The number of carboxylic acids is 1. The molecule has 21 heavy (non-hydrogen) atoms. The number of hydrogen-bond acceptors (Lipinski definition) is 4. The van der Waals surface area contributed by atoms with E-state index in [4.69, 9.17) is 38.2 Å². The van der Waals surface area contributed by atoms with Crippen molar-refractivity contribution in [3.05, 3.63) is 22.2 Å². The van der Waals surface area contributed by atoms with Gasteiger partial charge in [-0.3, -0.25) is 4.79 Å². The van der Waals surface area contributed by atoms with Crippen LogP contribution in [0.1, 0.15) is 25.7 Å². The van der Waals surface area contributed by atoms with Gasteiger partial charge in [-0.05, 0) is 31.4 Å². The first-order valence-corrected chi connectivity index (χ1v) is 8.38. The Labute approximate surface area is 132 Å². The SMILES string of the molecule is NS(=O)(=O)c1cc(Cl)c(OCCCCCC(=O)O)c(Cl)c1. The molecular weight excluding hydrogens is 341 g/mol. The molecule has 6 nitrogen and oxygen atoms in total. The minimum absolute atomic E-state index is 0.0528. The Morgan fingerprint density at radius 2 is 1.76 bits per heavy atom. The van der Waals surface area contributed by atoms with Gasteiger partial charge in [0, 0.05) is 6.42 Å². The van der Waals surface area contributed by atoms with Gasteiger partial charge < -0.3 is 9.84 Å². The fourth-order valence-electron chi connectivity index (χ4n) is 1.57. The van der Waals surface area contributed by atoms with Gasteiger partial charge in [0.25, 0.3) is 0 Å². The van der Waals surface area contributed by atoms with Crippen LogP contribution in [-0.4, -0.2) is 26.1 Å². The van der Waals surface area contributed by atoms with E-state index in [0.29, 0.717) is 25.9 Å². The number of nitrogens with two attached hydrogens (primary N) is 1. The van der Waals surface area contributed by atoms with Crippen molar-refractivity contribution in [2.75, 3.05) is 6.61 Å². The number of unbranched alkanes of at least 4 members (excludes halogenated alkanes) is 2. The molecule has 118 valence electrons. The summed E-state index contributed by atoms with van der Waals surface area (Å²) in [5, 5.41) is 13.6. The minimum atomic E-state index is -3.89. The third-order valence-electron chi connectivity index (χ3n) is 2.58. The molecule has 0 saturated heterocycles. The molecule has 0 bridgehead atoms. The zero-order chi connectivity index (χ0) is 16.0. The molecular formula is C12H15Cl2NO5S. The zero-order valence-corrected chi connectivity index (χ0v) is 13.3. The summed E-state index contributed by atoms with van der Waals surface area (Å²) in [6.07, 6.45) is 2.00. The largest absolute Gasteiger partial charge is 0.490 e. The summed E-state index contributed by atoms with van der Waals surface area (Å²) in [5.74, 6) is -0.649. The summed E-state index contributed by atoms with van der Waals surface area (Å²) in [6.45, 7) is 0.299. The summed E-state index contributed by atoms with van der Waals surface area (Å²) < 4.78 is 27.8. The molecule has 1 aromatic rings. The Balaban J connectivity index is 2.59. The zero-order valence-electron chi connectivity index (χ0n) is 11.0. The second-order valence-electron chi connectivity index (χ2n) is 4.31. The second-order valence-corrected chi connectivity index (χ2v) is 6.69. The molecule has 0 unspecified atom stereocenters. The summed E-state index contributed by atoms with van der Waals surface area (Å²) in [4.78, 5) is 10.1. The van der Waals surface area contributed by atoms with Crippen LogP contribution in [0.25, 0.3) is 0 Å². The van der Waals surface area contributed by atoms with Crippen LogP contribution in [0.15, 0.2) is 17.0 Å². The maximum absolute atomic E-state index is 11.2. The van der Waals surface area contributed by atoms with E-state index in [1.807, 2.05) is 0 Å². The van der Waals surface area contributed by atoms with Gasteiger partial charge >= 0.3 is 5.97 Å². The molecule has 0 amide bonds. The number of aliphatic carboxylic acids is 1. The lowest BCUT2D eigenvalue weighted by Gasteiger charge is -2.11. The summed E-state index contributed by atoms with van der Waals surface area (Å²) in [6, 6.07) is 2.34. The number of primary sulfonamides is 1. The van der Waals surface area contributed by atoms with Crippen LogP contribution in [0, 0.1) is 0 Å². The van der Waals surface area contributed by atoms with Gasteiger partial charge in [0.2, 0.25) is 10.0 Å². The highest BCUT2D eigenvalue weighted by Crippen LogP contribution is 2.35. The Kier molecular flexibility index (Phi) is 6.73. The van der Waals surface area contributed by atoms with Crippen molar-refractivity contribution in [3.63, 3.8) is 0 Å². The van der Waals surface area contributed by atoms with Gasteiger partial charge in [-0.1, -0.05) is 23.2 Å². The third kappa shape index (κ3) is 6.09. The number of benzene rings is 1. The first kappa shape index (κ1) is 18.0. The Bertz CT molecular complexity index is 595. The van der Waals surface area contributed by atoms with E-state index in [1.165, 1.54) is 12.1 Å². The average Bonchev–Trinajstić information content (AvgIpc) is 2.34. The van der Waals surface area contributed by atoms with Crippen molar-refractivity contribution in [3.8, 4) is 5.75 Å². The molecule has 9 heteroatoms. The molecule has 1 aromatic carbocycles. The lowest BCUT2D eigenvalue weighted by atomic mass is 10.2. The van der Waals surface area contributed by atoms with Crippen molar-refractivity contribution in [2.45, 2.75) is 30.6 Å². The van der Waals surface area contributed by atoms with Crippen LogP contribution >= 0.6 is 23.2 Å². The predicted octanol–water partition coefficient (Wildman–Crippen LogP) is 2.66. The van der Waals surface area contributed by atoms with Gasteiger partial charge in [0.1, 0.15) is 0 Å². The Morgan fingerprint density at radius 1 is 1.19 bits per heavy atom. The topological polar surface area (TPSA) is 107 Å². The molecule has 0 heterocycles. The van der Waals surface area contributed by atoms with E-state index in [0.717, 1.165) is 0 Å². The number of halogens is 2. The van der Waals surface area contributed by atoms with E-state index in [2.05, 4.69) is 0 Å². The highest BCUT2D eigenvalue weighted by atomic mass is 35.5. The van der Waals surface area contributed by atoms with Crippen molar-refractivity contribution >= 4 is 39.2 Å². The molecule has 0 aliphatic rings. The molecule has 3 N–H and O–H groups in total. The van der Waals surface area contributed by atoms with Crippen LogP contribution in [0.2, 0.25) is 10.0 Å². The maximum Gasteiger partial charge on any atom is 0.303 e. The standard InChI is InChI=1S/C12H15Cl2NO5S/c13-9-6-8(21(15,18)19)7-10(14)12(9)20-5-3-1-2-4-11(16)17/h6-7H,1-5H2,(H,16,17)(H2,15,18,19). The summed E-state index contributed by atoms with van der Waals surface area (Å²) in [7, 11) is -3.89. The van der Waals surface area contributed by atoms with Crippen LogP contribution in [0.5, 0.6) is 5.75 Å². The molecule has 1 rings (SSSR count). The van der Waals surface area contributed by atoms with Crippen molar-refractivity contribution in [2.24, 2.45) is 5.14 Å². The molecule has 0 spiro atoms. The second kappa shape index (κ2) is 7.84. The van der Waals surface area contributed by atoms with Gasteiger partial charge in [-0.15, -0.1) is 0 Å². The highest BCUT2D eigenvalue weighted by Gasteiger charge is 2.15. The molecule has 0 saturated carbocycles. The van der Waals surface area contributed by atoms with Crippen LogP contribution in [0.4, 0.5) is 0 Å². The van der Waals surface area contributed by atoms with Crippen molar-refractivity contribution in [1.29, 1.82) is 0 Å². The van der Waals surface area contributed by atoms with Gasteiger partial charge in [0.05, 0.1) is 21.5 Å². The number of ether oxygens (including phenoxy) is 1. The van der Waals surface area contributed by atoms with Gasteiger partial charge in [-0.2, -0.15) is 0 Å². The number of carbonyl (C=O) groups is 1. The number of hydrogen-bond donors (Lipinski definition) is 2. The Hall–Kier alpha value is -1.02. The molecule has 0 radical (unpaired) electrons. The Morgan fingerprint density at radius 3 is 2.24 bits per heavy atom. The molecule has 0 fully saturated rings. The van der Waals surface area contributed by atoms with Crippen LogP contribution in [-0.2, 0) is 14.8 Å². The fraction of sp³-hybridized carbons (Fsp3) is 0.417. The summed E-state index contributed by atoms with van der Waals surface area (Å²) >= 11 is 11.8. The van der Waals surface area contributed by atoms with E-state index in [1.54, 1.807) is 0 Å². The van der Waals surface area contributed by atoms with E-state index < -0.39 is 16.0 Å². The first-order valence-electron chi connectivity index (χ1n) is 6.08. The lowest BCUT2D eigenvalue weighted by Crippen LogP contribution is -2.12. The van der Waals surface area contributed by atoms with Gasteiger partial charge in [0.15, 0.2) is 5.75 Å². The monoisotopic (exact) mass is 355 g/mol. The van der Waals surface area contributed by atoms with E-state index in [9.17, 15) is 13.2 Å². The molecule has 0 atom stereocenters. The number of carboxylic acid groups (broad SMARTS) is 1. The molecule has 0 aromatic heterocycles. The lowest BCUT2D eigenvalue weighted by molar-refractivity contribution is -0.137. The number of rotatable bonds is 8. The highest BCUT2D eigenvalue weighted by molar-refractivity contribution is 7.89. The van der Waals surface area contributed by atoms with E-state index in [-0.39, 0.29) is 27.1 Å². The van der Waals surface area contributed by atoms with Crippen LogP contribution < -0.4 is 9.88 Å². The smallest absolute Gasteiger partial charge is 0.303 e.